The fourth-order valence-corrected chi connectivity index (χ4v) is 0.669. The van der Waals surface area contributed by atoms with Crippen LogP contribution in [-0.4, -0.2) is 11.6 Å². The predicted octanol–water partition coefficient (Wildman–Crippen LogP) is 1.94. The molecule has 0 aliphatic heterocycles. The van der Waals surface area contributed by atoms with Crippen LogP contribution >= 0.6 is 0 Å². The lowest BCUT2D eigenvalue weighted by molar-refractivity contribution is -0.152. The number of rotatable bonds is 3. The van der Waals surface area contributed by atoms with Gasteiger partial charge in [0.1, 0.15) is 5.60 Å². The van der Waals surface area contributed by atoms with Gasteiger partial charge in [0, 0.05) is 0 Å². The summed E-state index contributed by atoms with van der Waals surface area (Å²) in [5, 5.41) is 0. The van der Waals surface area contributed by atoms with Crippen LogP contribution in [0.2, 0.25) is 0 Å². The lowest BCUT2D eigenvalue weighted by atomic mass is 10.0. The van der Waals surface area contributed by atoms with Crippen molar-refractivity contribution in [2.75, 3.05) is 0 Å². The molecule has 0 amide bonds. The Morgan fingerprint density at radius 2 is 1.90 bits per heavy atom. The highest BCUT2D eigenvalue weighted by molar-refractivity contribution is 5.74. The van der Waals surface area contributed by atoms with E-state index in [1.807, 2.05) is 20.8 Å². The van der Waals surface area contributed by atoms with Gasteiger partial charge in [0.2, 0.25) is 0 Å². The first-order valence-electron chi connectivity index (χ1n) is 3.59. The van der Waals surface area contributed by atoms with Crippen LogP contribution in [0.5, 0.6) is 0 Å². The normalized spacial score (nSPS) is 11.2. The van der Waals surface area contributed by atoms with Crippen molar-refractivity contribution in [1.82, 2.24) is 0 Å². The van der Waals surface area contributed by atoms with E-state index in [1.165, 1.54) is 0 Å². The minimum atomic E-state index is -0.439. The fourth-order valence-electron chi connectivity index (χ4n) is 0.669. The van der Waals surface area contributed by atoms with Gasteiger partial charge in [0.25, 0.3) is 0 Å². The molecule has 0 aliphatic carbocycles. The summed E-state index contributed by atoms with van der Waals surface area (Å²) in [6, 6.07) is 0. The van der Waals surface area contributed by atoms with Gasteiger partial charge in [-0.2, -0.15) is 0 Å². The van der Waals surface area contributed by atoms with Crippen molar-refractivity contribution in [1.29, 1.82) is 0 Å². The summed E-state index contributed by atoms with van der Waals surface area (Å²) in [5.41, 5.74) is -0.307. The maximum atomic E-state index is 10.4. The molecule has 2 heteroatoms. The summed E-state index contributed by atoms with van der Waals surface area (Å²) in [7, 11) is 0. The van der Waals surface area contributed by atoms with E-state index in [-0.39, 0.29) is 5.60 Å². The van der Waals surface area contributed by atoms with E-state index in [0.29, 0.717) is 0 Å². The summed E-state index contributed by atoms with van der Waals surface area (Å²) in [6.07, 6.45) is 1.68. The van der Waals surface area contributed by atoms with Gasteiger partial charge >= 0.3 is 5.97 Å². The van der Waals surface area contributed by atoms with Crippen molar-refractivity contribution in [3.05, 3.63) is 6.92 Å². The molecule has 0 atom stereocenters. The molecule has 0 spiro atoms. The molecule has 0 aromatic rings. The second kappa shape index (κ2) is 3.59. The van der Waals surface area contributed by atoms with Crippen LogP contribution in [0.25, 0.3) is 0 Å². The number of hydrogen-bond donors (Lipinski definition) is 0. The maximum Gasteiger partial charge on any atom is 0.306 e. The monoisotopic (exact) mass is 143 g/mol. The first-order chi connectivity index (χ1) is 4.54. The van der Waals surface area contributed by atoms with E-state index >= 15 is 0 Å². The van der Waals surface area contributed by atoms with Crippen LogP contribution in [0, 0.1) is 6.92 Å². The highest BCUT2D eigenvalue weighted by Gasteiger charge is 2.22. The Balaban J connectivity index is 3.92. The third-order valence-corrected chi connectivity index (χ3v) is 1.86. The minimum Gasteiger partial charge on any atom is -0.459 e. The Labute approximate surface area is 62.6 Å². The molecule has 0 heterocycles. The highest BCUT2D eigenvalue weighted by Crippen LogP contribution is 2.18. The lowest BCUT2D eigenvalue weighted by Gasteiger charge is -2.25. The Hall–Kier alpha value is -0.530. The van der Waals surface area contributed by atoms with Gasteiger partial charge in [-0.25, -0.2) is 0 Å². The van der Waals surface area contributed by atoms with Gasteiger partial charge in [-0.1, -0.05) is 13.8 Å². The highest BCUT2D eigenvalue weighted by atomic mass is 16.6. The molecule has 0 aliphatic rings. The molecule has 0 saturated carbocycles. The third kappa shape index (κ3) is 2.85. The van der Waals surface area contributed by atoms with Gasteiger partial charge in [-0.15, -0.1) is 0 Å². The van der Waals surface area contributed by atoms with Crippen LogP contribution in [0.15, 0.2) is 0 Å². The van der Waals surface area contributed by atoms with E-state index in [4.69, 9.17) is 4.74 Å². The Kier molecular flexibility index (Phi) is 3.40. The molecule has 1 radical (unpaired) electrons. The quantitative estimate of drug-likeness (QED) is 0.564. The van der Waals surface area contributed by atoms with Gasteiger partial charge in [0.15, 0.2) is 0 Å². The third-order valence-electron chi connectivity index (χ3n) is 1.86. The molecule has 10 heavy (non-hydrogen) atoms. The van der Waals surface area contributed by atoms with Gasteiger partial charge in [-0.3, -0.25) is 4.79 Å². The number of esters is 1. The van der Waals surface area contributed by atoms with Crippen molar-refractivity contribution < 1.29 is 9.53 Å². The first kappa shape index (κ1) is 9.47. The van der Waals surface area contributed by atoms with Crippen LogP contribution in [-0.2, 0) is 9.53 Å². The van der Waals surface area contributed by atoms with Crippen LogP contribution in [0.4, 0.5) is 0 Å². The lowest BCUT2D eigenvalue weighted by Crippen LogP contribution is -2.28. The fraction of sp³-hybridized carbons (Fsp3) is 0.750. The second-order valence-electron chi connectivity index (χ2n) is 2.63. The standard InChI is InChI=1S/C8H15O2/c1-5-8(4,6-2)10-7(3)9/h3,5-6H2,1-2,4H3. The summed E-state index contributed by atoms with van der Waals surface area (Å²) in [4.78, 5) is 10.4. The van der Waals surface area contributed by atoms with E-state index < -0.39 is 5.97 Å². The van der Waals surface area contributed by atoms with Crippen molar-refractivity contribution >= 4 is 5.97 Å². The number of carbonyl (C=O) groups excluding carboxylic acids is 1. The molecule has 2 nitrogen and oxygen atoms in total. The molecule has 0 bridgehead atoms. The Morgan fingerprint density at radius 3 is 2.00 bits per heavy atom. The molecule has 0 unspecified atom stereocenters. The van der Waals surface area contributed by atoms with Crippen LogP contribution in [0.1, 0.15) is 33.6 Å². The Bertz CT molecular complexity index is 114. The molecule has 0 aromatic carbocycles. The summed E-state index contributed by atoms with van der Waals surface area (Å²) in [5.74, 6) is -0.439. The predicted molar refractivity (Wildman–Crippen MR) is 40.4 cm³/mol. The maximum absolute atomic E-state index is 10.4. The first-order valence-corrected chi connectivity index (χ1v) is 3.59. The summed E-state index contributed by atoms with van der Waals surface area (Å²) >= 11 is 0. The van der Waals surface area contributed by atoms with Gasteiger partial charge < -0.3 is 4.74 Å². The minimum absolute atomic E-state index is 0.307. The van der Waals surface area contributed by atoms with Gasteiger partial charge in [0.05, 0.1) is 6.92 Å². The zero-order valence-corrected chi connectivity index (χ0v) is 6.94. The molecular formula is C8H15O2. The van der Waals surface area contributed by atoms with E-state index in [0.717, 1.165) is 12.8 Å². The molecular weight excluding hydrogens is 128 g/mol. The summed E-state index contributed by atoms with van der Waals surface area (Å²) < 4.78 is 4.99. The van der Waals surface area contributed by atoms with Crippen molar-refractivity contribution in [2.24, 2.45) is 0 Å². The van der Waals surface area contributed by atoms with E-state index in [1.54, 1.807) is 0 Å². The van der Waals surface area contributed by atoms with Crippen molar-refractivity contribution in [3.63, 3.8) is 0 Å². The molecule has 0 rings (SSSR count). The van der Waals surface area contributed by atoms with Crippen molar-refractivity contribution in [2.45, 2.75) is 39.2 Å². The van der Waals surface area contributed by atoms with E-state index in [9.17, 15) is 4.79 Å². The second-order valence-corrected chi connectivity index (χ2v) is 2.63. The number of carbonyl (C=O) groups is 1. The molecule has 0 fully saturated rings. The number of hydrogen-bond acceptors (Lipinski definition) is 2. The van der Waals surface area contributed by atoms with Crippen LogP contribution < -0.4 is 0 Å². The SMILES string of the molecule is [CH2]C(=O)OC(C)(CC)CC. The van der Waals surface area contributed by atoms with Crippen molar-refractivity contribution in [3.8, 4) is 0 Å². The largest absolute Gasteiger partial charge is 0.459 e. The average Bonchev–Trinajstić information content (AvgIpc) is 1.87. The Morgan fingerprint density at radius 1 is 1.50 bits per heavy atom. The van der Waals surface area contributed by atoms with E-state index in [2.05, 4.69) is 6.92 Å². The summed E-state index contributed by atoms with van der Waals surface area (Å²) in [6.45, 7) is 9.06. The van der Waals surface area contributed by atoms with Crippen LogP contribution in [0.3, 0.4) is 0 Å². The molecule has 0 saturated heterocycles. The smallest absolute Gasteiger partial charge is 0.306 e. The molecule has 59 valence electrons. The topological polar surface area (TPSA) is 26.3 Å². The number of ether oxygens (including phenoxy) is 1. The zero-order chi connectivity index (χ0) is 8.20. The average molecular weight is 143 g/mol. The molecule has 0 N–H and O–H groups in total. The molecule has 0 aromatic heterocycles. The zero-order valence-electron chi connectivity index (χ0n) is 6.94. The van der Waals surface area contributed by atoms with Gasteiger partial charge in [-0.05, 0) is 19.8 Å².